The van der Waals surface area contributed by atoms with Crippen LogP contribution in [0, 0.1) is 5.92 Å². The lowest BCUT2D eigenvalue weighted by Crippen LogP contribution is -2.43. The summed E-state index contributed by atoms with van der Waals surface area (Å²) in [5, 5.41) is 0. The number of nitrogen functional groups attached to an aromatic ring is 1. The summed E-state index contributed by atoms with van der Waals surface area (Å²) in [6.07, 6.45) is -2.55. The minimum atomic E-state index is -4.58. The Hall–Kier alpha value is -2.35. The maximum Gasteiger partial charge on any atom is 0.419 e. The van der Waals surface area contributed by atoms with E-state index in [-0.39, 0.29) is 23.9 Å². The Morgan fingerprint density at radius 1 is 1.19 bits per heavy atom. The lowest BCUT2D eigenvalue weighted by molar-refractivity contribution is -0.139. The maximum absolute atomic E-state index is 13.5. The first-order valence-electron chi connectivity index (χ1n) is 8.20. The molecular weight excluding hydrogens is 345 g/mol. The van der Waals surface area contributed by atoms with Gasteiger partial charge in [-0.05, 0) is 43.5 Å². The van der Waals surface area contributed by atoms with Crippen molar-refractivity contribution < 1.29 is 17.9 Å². The van der Waals surface area contributed by atoms with Crippen molar-refractivity contribution >= 4 is 5.95 Å². The van der Waals surface area contributed by atoms with Crippen LogP contribution in [0.3, 0.4) is 0 Å². The number of aromatic nitrogens is 2. The van der Waals surface area contributed by atoms with E-state index in [0.717, 1.165) is 6.07 Å². The summed E-state index contributed by atoms with van der Waals surface area (Å²) in [7, 11) is 0. The second kappa shape index (κ2) is 7.49. The first kappa shape index (κ1) is 20.0. The smallest absolute Gasteiger partial charge is 0.419 e. The van der Waals surface area contributed by atoms with Crippen molar-refractivity contribution in [3.63, 3.8) is 0 Å². The number of rotatable bonds is 6. The fraction of sp³-hybridized carbons (Fsp3) is 0.444. The van der Waals surface area contributed by atoms with Gasteiger partial charge in [-0.15, -0.1) is 0 Å². The van der Waals surface area contributed by atoms with Gasteiger partial charge in [-0.3, -0.25) is 0 Å². The Balaban J connectivity index is 2.32. The molecule has 5 nitrogen and oxygen atoms in total. The van der Waals surface area contributed by atoms with Gasteiger partial charge in [0, 0.05) is 17.3 Å². The standard InChI is InChI=1S/C18H23F3N4O/c1-11(2)9-17(3,23)10-26-15-5-4-12(8-13(15)18(19,20)21)14-6-7-24-16(22)25-14/h4-8,11H,9-10,23H2,1-3H3,(H2,22,24,25). The summed E-state index contributed by atoms with van der Waals surface area (Å²) >= 11 is 0. The Kier molecular flexibility index (Phi) is 5.75. The molecule has 1 unspecified atom stereocenters. The van der Waals surface area contributed by atoms with Crippen LogP contribution in [0.2, 0.25) is 0 Å². The molecule has 1 heterocycles. The summed E-state index contributed by atoms with van der Waals surface area (Å²) in [6, 6.07) is 5.27. The molecule has 0 aliphatic rings. The fourth-order valence-electron chi connectivity index (χ4n) is 2.81. The summed E-state index contributed by atoms with van der Waals surface area (Å²) in [4.78, 5) is 7.69. The van der Waals surface area contributed by atoms with Crippen LogP contribution in [0.25, 0.3) is 11.3 Å². The largest absolute Gasteiger partial charge is 0.491 e. The van der Waals surface area contributed by atoms with E-state index in [1.807, 2.05) is 13.8 Å². The minimum Gasteiger partial charge on any atom is -0.491 e. The first-order valence-corrected chi connectivity index (χ1v) is 8.20. The normalized spacial score (nSPS) is 14.3. The van der Waals surface area contributed by atoms with Crippen LogP contribution in [0.5, 0.6) is 5.75 Å². The molecule has 0 amide bonds. The summed E-state index contributed by atoms with van der Waals surface area (Å²) in [6.45, 7) is 5.73. The van der Waals surface area contributed by atoms with Crippen molar-refractivity contribution in [1.29, 1.82) is 0 Å². The third-order valence-corrected chi connectivity index (χ3v) is 3.69. The molecule has 0 saturated carbocycles. The third kappa shape index (κ3) is 5.32. The molecule has 2 rings (SSSR count). The zero-order chi connectivity index (χ0) is 19.5. The predicted molar refractivity (Wildman–Crippen MR) is 94.4 cm³/mol. The molecule has 0 bridgehead atoms. The molecule has 8 heteroatoms. The number of nitrogens with two attached hydrogens (primary N) is 2. The van der Waals surface area contributed by atoms with Crippen molar-refractivity contribution in [1.82, 2.24) is 9.97 Å². The van der Waals surface area contributed by atoms with Crippen molar-refractivity contribution in [3.8, 4) is 17.0 Å². The van der Waals surface area contributed by atoms with E-state index < -0.39 is 17.3 Å². The van der Waals surface area contributed by atoms with Gasteiger partial charge in [-0.2, -0.15) is 13.2 Å². The van der Waals surface area contributed by atoms with Crippen LogP contribution >= 0.6 is 0 Å². The van der Waals surface area contributed by atoms with E-state index in [1.165, 1.54) is 24.4 Å². The molecule has 0 aliphatic carbocycles. The van der Waals surface area contributed by atoms with Gasteiger partial charge in [0.2, 0.25) is 5.95 Å². The van der Waals surface area contributed by atoms with Crippen LogP contribution in [0.4, 0.5) is 19.1 Å². The van der Waals surface area contributed by atoms with Gasteiger partial charge in [-0.25, -0.2) is 9.97 Å². The number of halogens is 3. The monoisotopic (exact) mass is 368 g/mol. The molecule has 0 aliphatic heterocycles. The molecule has 0 radical (unpaired) electrons. The van der Waals surface area contributed by atoms with Gasteiger partial charge in [0.05, 0.1) is 11.3 Å². The highest BCUT2D eigenvalue weighted by atomic mass is 19.4. The second-order valence-electron chi connectivity index (χ2n) is 7.05. The van der Waals surface area contributed by atoms with Gasteiger partial charge >= 0.3 is 6.18 Å². The van der Waals surface area contributed by atoms with Crippen LogP contribution in [-0.2, 0) is 6.18 Å². The topological polar surface area (TPSA) is 87.0 Å². The maximum atomic E-state index is 13.5. The Labute approximate surface area is 150 Å². The zero-order valence-electron chi connectivity index (χ0n) is 15.0. The molecule has 0 fully saturated rings. The van der Waals surface area contributed by atoms with Gasteiger partial charge in [0.1, 0.15) is 12.4 Å². The molecule has 4 N–H and O–H groups in total. The van der Waals surface area contributed by atoms with Crippen molar-refractivity contribution in [3.05, 3.63) is 36.0 Å². The summed E-state index contributed by atoms with van der Waals surface area (Å²) in [5.74, 6) is 0.0361. The average Bonchev–Trinajstić information content (AvgIpc) is 2.51. The second-order valence-corrected chi connectivity index (χ2v) is 7.05. The van der Waals surface area contributed by atoms with Gasteiger partial charge < -0.3 is 16.2 Å². The number of anilines is 1. The lowest BCUT2D eigenvalue weighted by atomic mass is 9.93. The highest BCUT2D eigenvalue weighted by Crippen LogP contribution is 2.39. The SMILES string of the molecule is CC(C)CC(C)(N)COc1ccc(-c2ccnc(N)n2)cc1C(F)(F)F. The number of alkyl halides is 3. The van der Waals surface area contributed by atoms with E-state index in [9.17, 15) is 13.2 Å². The number of hydrogen-bond acceptors (Lipinski definition) is 5. The fourth-order valence-corrected chi connectivity index (χ4v) is 2.81. The number of ether oxygens (including phenoxy) is 1. The number of benzene rings is 1. The van der Waals surface area contributed by atoms with Gasteiger partial charge in [-0.1, -0.05) is 13.8 Å². The minimum absolute atomic E-state index is 0.0102. The van der Waals surface area contributed by atoms with Crippen LogP contribution in [0.1, 0.15) is 32.8 Å². The van der Waals surface area contributed by atoms with Gasteiger partial charge in [0.15, 0.2) is 0 Å². The molecule has 0 spiro atoms. The highest BCUT2D eigenvalue weighted by Gasteiger charge is 2.35. The average molecular weight is 368 g/mol. The Morgan fingerprint density at radius 2 is 1.88 bits per heavy atom. The number of hydrogen-bond donors (Lipinski definition) is 2. The predicted octanol–water partition coefficient (Wildman–Crippen LogP) is 3.89. The summed E-state index contributed by atoms with van der Waals surface area (Å²) in [5.41, 5.74) is 10.6. The van der Waals surface area contributed by atoms with Crippen molar-refractivity contribution in [2.75, 3.05) is 12.3 Å². The summed E-state index contributed by atoms with van der Waals surface area (Å²) < 4.78 is 45.9. The Bertz CT molecular complexity index is 760. The molecule has 1 atom stereocenters. The highest BCUT2D eigenvalue weighted by molar-refractivity contribution is 5.63. The van der Waals surface area contributed by atoms with Crippen LogP contribution in [0.15, 0.2) is 30.5 Å². The van der Waals surface area contributed by atoms with E-state index >= 15 is 0 Å². The van der Waals surface area contributed by atoms with E-state index in [0.29, 0.717) is 18.0 Å². The van der Waals surface area contributed by atoms with E-state index in [1.54, 1.807) is 6.92 Å². The number of nitrogens with zero attached hydrogens (tertiary/aromatic N) is 2. The molecule has 0 saturated heterocycles. The molecular formula is C18H23F3N4O. The molecule has 1 aromatic heterocycles. The van der Waals surface area contributed by atoms with E-state index in [2.05, 4.69) is 9.97 Å². The van der Waals surface area contributed by atoms with E-state index in [4.69, 9.17) is 16.2 Å². The quantitative estimate of drug-likeness (QED) is 0.808. The van der Waals surface area contributed by atoms with Crippen molar-refractivity contribution in [2.45, 2.75) is 38.9 Å². The molecule has 1 aromatic carbocycles. The Morgan fingerprint density at radius 3 is 2.46 bits per heavy atom. The van der Waals surface area contributed by atoms with Crippen LogP contribution in [-0.4, -0.2) is 22.1 Å². The molecule has 142 valence electrons. The zero-order valence-corrected chi connectivity index (χ0v) is 15.0. The first-order chi connectivity index (χ1) is 12.0. The molecule has 26 heavy (non-hydrogen) atoms. The van der Waals surface area contributed by atoms with Crippen molar-refractivity contribution in [2.24, 2.45) is 11.7 Å². The lowest BCUT2D eigenvalue weighted by Gasteiger charge is -2.27. The third-order valence-electron chi connectivity index (χ3n) is 3.69. The van der Waals surface area contributed by atoms with Crippen LogP contribution < -0.4 is 16.2 Å². The molecule has 2 aromatic rings. The van der Waals surface area contributed by atoms with Gasteiger partial charge in [0.25, 0.3) is 0 Å².